The summed E-state index contributed by atoms with van der Waals surface area (Å²) in [6, 6.07) is 0. The van der Waals surface area contributed by atoms with Gasteiger partial charge in [-0.3, -0.25) is 4.21 Å². The van der Waals surface area contributed by atoms with E-state index in [-0.39, 0.29) is 0 Å². The molecule has 5 nitrogen and oxygen atoms in total. The van der Waals surface area contributed by atoms with Crippen LogP contribution in [0.4, 0.5) is 0 Å². The van der Waals surface area contributed by atoms with E-state index in [9.17, 15) is 4.21 Å². The molecule has 6 heteroatoms. The van der Waals surface area contributed by atoms with E-state index in [0.29, 0.717) is 17.6 Å². The highest BCUT2D eigenvalue weighted by Crippen LogP contribution is 2.09. The molecule has 2 heterocycles. The summed E-state index contributed by atoms with van der Waals surface area (Å²) in [7, 11) is -0.817. The van der Waals surface area contributed by atoms with Gasteiger partial charge in [0, 0.05) is 36.2 Å². The Kier molecular flexibility index (Phi) is 4.28. The van der Waals surface area contributed by atoms with Gasteiger partial charge < -0.3 is 5.32 Å². The molecule has 0 aliphatic carbocycles. The summed E-state index contributed by atoms with van der Waals surface area (Å²) < 4.78 is 13.8. The van der Waals surface area contributed by atoms with Crippen molar-refractivity contribution in [2.24, 2.45) is 11.8 Å². The topological polar surface area (TPSA) is 59.8 Å². The van der Waals surface area contributed by atoms with E-state index in [4.69, 9.17) is 0 Å². The zero-order valence-electron chi connectivity index (χ0n) is 10.4. The third-order valence-corrected chi connectivity index (χ3v) is 4.23. The molecule has 0 radical (unpaired) electrons. The van der Waals surface area contributed by atoms with Gasteiger partial charge in [0.2, 0.25) is 0 Å². The van der Waals surface area contributed by atoms with Gasteiger partial charge in [0.15, 0.2) is 0 Å². The summed E-state index contributed by atoms with van der Waals surface area (Å²) in [4.78, 5) is 4.20. The predicted molar refractivity (Wildman–Crippen MR) is 67.9 cm³/mol. The largest absolute Gasteiger partial charge is 0.316 e. The Bertz CT molecular complexity index is 387. The van der Waals surface area contributed by atoms with E-state index in [0.717, 1.165) is 31.2 Å². The van der Waals surface area contributed by atoms with Gasteiger partial charge in [0.1, 0.15) is 12.2 Å². The molecule has 0 amide bonds. The predicted octanol–water partition coefficient (Wildman–Crippen LogP) is 0.402. The highest BCUT2D eigenvalue weighted by atomic mass is 32.2. The maximum atomic E-state index is 12.0. The Morgan fingerprint density at radius 2 is 2.35 bits per heavy atom. The SMILES string of the molecule is CC(C)Cn1ncnc1CS(=O)CC1CNC1. The van der Waals surface area contributed by atoms with Crippen LogP contribution in [-0.2, 0) is 23.1 Å². The van der Waals surface area contributed by atoms with E-state index in [1.54, 1.807) is 6.33 Å². The average Bonchev–Trinajstić information content (AvgIpc) is 2.59. The number of aromatic nitrogens is 3. The van der Waals surface area contributed by atoms with Gasteiger partial charge >= 0.3 is 0 Å². The second kappa shape index (κ2) is 5.73. The first-order chi connectivity index (χ1) is 8.15. The summed E-state index contributed by atoms with van der Waals surface area (Å²) in [5.41, 5.74) is 0. The molecule has 0 bridgehead atoms. The molecular weight excluding hydrogens is 236 g/mol. The number of hydrogen-bond donors (Lipinski definition) is 1. The molecule has 96 valence electrons. The molecule has 1 saturated heterocycles. The minimum atomic E-state index is -0.817. The molecule has 17 heavy (non-hydrogen) atoms. The van der Waals surface area contributed by atoms with Crippen LogP contribution in [0.5, 0.6) is 0 Å². The summed E-state index contributed by atoms with van der Waals surface area (Å²) in [5.74, 6) is 3.27. The third-order valence-electron chi connectivity index (χ3n) is 2.81. The Morgan fingerprint density at radius 1 is 1.59 bits per heavy atom. The normalized spacial score (nSPS) is 18.3. The summed E-state index contributed by atoms with van der Waals surface area (Å²) in [5, 5.41) is 7.38. The second-order valence-corrected chi connectivity index (χ2v) is 6.53. The molecule has 0 saturated carbocycles. The molecule has 1 aliphatic rings. The van der Waals surface area contributed by atoms with Crippen molar-refractivity contribution < 1.29 is 4.21 Å². The van der Waals surface area contributed by atoms with Gasteiger partial charge in [0.05, 0.1) is 5.75 Å². The zero-order valence-corrected chi connectivity index (χ0v) is 11.2. The highest BCUT2D eigenvalue weighted by molar-refractivity contribution is 7.84. The molecule has 1 N–H and O–H groups in total. The maximum absolute atomic E-state index is 12.0. The third kappa shape index (κ3) is 3.61. The van der Waals surface area contributed by atoms with E-state index < -0.39 is 10.8 Å². The fourth-order valence-electron chi connectivity index (χ4n) is 1.83. The lowest BCUT2D eigenvalue weighted by atomic mass is 10.1. The average molecular weight is 256 g/mol. The molecule has 1 fully saturated rings. The molecule has 0 spiro atoms. The highest BCUT2D eigenvalue weighted by Gasteiger charge is 2.20. The molecule has 1 aromatic heterocycles. The smallest absolute Gasteiger partial charge is 0.139 e. The van der Waals surface area contributed by atoms with E-state index >= 15 is 0 Å². The first-order valence-corrected chi connectivity index (χ1v) is 7.56. The van der Waals surface area contributed by atoms with Crippen LogP contribution in [0.2, 0.25) is 0 Å². The molecular formula is C11H20N4OS. The summed E-state index contributed by atoms with van der Waals surface area (Å²) in [6.45, 7) is 7.14. The fourth-order valence-corrected chi connectivity index (χ4v) is 3.22. The molecule has 1 unspecified atom stereocenters. The molecule has 1 aromatic rings. The van der Waals surface area contributed by atoms with Crippen LogP contribution in [0.25, 0.3) is 0 Å². The quantitative estimate of drug-likeness (QED) is 0.800. The first-order valence-electron chi connectivity index (χ1n) is 6.07. The number of rotatable bonds is 6. The monoisotopic (exact) mass is 256 g/mol. The van der Waals surface area contributed by atoms with Crippen molar-refractivity contribution in [3.05, 3.63) is 12.2 Å². The number of nitrogens with one attached hydrogen (secondary N) is 1. The zero-order chi connectivity index (χ0) is 12.3. The van der Waals surface area contributed by atoms with Crippen molar-refractivity contribution in [2.75, 3.05) is 18.8 Å². The lowest BCUT2D eigenvalue weighted by Crippen LogP contribution is -2.44. The van der Waals surface area contributed by atoms with Gasteiger partial charge in [-0.15, -0.1) is 0 Å². The first kappa shape index (κ1) is 12.7. The van der Waals surface area contributed by atoms with Crippen molar-refractivity contribution in [3.63, 3.8) is 0 Å². The van der Waals surface area contributed by atoms with Gasteiger partial charge in [-0.25, -0.2) is 9.67 Å². The van der Waals surface area contributed by atoms with Gasteiger partial charge in [-0.1, -0.05) is 13.8 Å². The van der Waals surface area contributed by atoms with Crippen molar-refractivity contribution in [3.8, 4) is 0 Å². The van der Waals surface area contributed by atoms with Crippen LogP contribution >= 0.6 is 0 Å². The van der Waals surface area contributed by atoms with Crippen LogP contribution < -0.4 is 5.32 Å². The van der Waals surface area contributed by atoms with Crippen LogP contribution in [0.3, 0.4) is 0 Å². The molecule has 0 aromatic carbocycles. The van der Waals surface area contributed by atoms with Crippen molar-refractivity contribution in [1.29, 1.82) is 0 Å². The van der Waals surface area contributed by atoms with Crippen molar-refractivity contribution >= 4 is 10.8 Å². The Morgan fingerprint density at radius 3 is 2.94 bits per heavy atom. The minimum absolute atomic E-state index is 0.528. The van der Waals surface area contributed by atoms with Crippen LogP contribution in [0.15, 0.2) is 6.33 Å². The minimum Gasteiger partial charge on any atom is -0.316 e. The van der Waals surface area contributed by atoms with E-state index in [1.165, 1.54) is 0 Å². The summed E-state index contributed by atoms with van der Waals surface area (Å²) >= 11 is 0. The van der Waals surface area contributed by atoms with Gasteiger partial charge in [0.25, 0.3) is 0 Å². The Balaban J connectivity index is 1.88. The van der Waals surface area contributed by atoms with E-state index in [2.05, 4.69) is 29.2 Å². The Labute approximate surface area is 104 Å². The van der Waals surface area contributed by atoms with Crippen molar-refractivity contribution in [2.45, 2.75) is 26.1 Å². The number of hydrogen-bond acceptors (Lipinski definition) is 4. The summed E-state index contributed by atoms with van der Waals surface area (Å²) in [6.07, 6.45) is 1.56. The van der Waals surface area contributed by atoms with Crippen LogP contribution in [0.1, 0.15) is 19.7 Å². The Hall–Kier alpha value is -0.750. The lowest BCUT2D eigenvalue weighted by molar-refractivity contribution is 0.382. The van der Waals surface area contributed by atoms with Crippen LogP contribution in [-0.4, -0.2) is 37.8 Å². The van der Waals surface area contributed by atoms with Crippen LogP contribution in [0, 0.1) is 11.8 Å². The van der Waals surface area contributed by atoms with Gasteiger partial charge in [-0.05, 0) is 11.8 Å². The molecule has 2 rings (SSSR count). The lowest BCUT2D eigenvalue weighted by Gasteiger charge is -2.26. The standard InChI is InChI=1S/C11H20N4OS/c1-9(2)5-15-11(13-8-14-15)7-17(16)6-10-3-12-4-10/h8-10,12H,3-7H2,1-2H3. The van der Waals surface area contributed by atoms with Crippen molar-refractivity contribution in [1.82, 2.24) is 20.1 Å². The maximum Gasteiger partial charge on any atom is 0.139 e. The molecule has 1 aliphatic heterocycles. The second-order valence-electron chi connectivity index (χ2n) is 5.03. The van der Waals surface area contributed by atoms with E-state index in [1.807, 2.05) is 4.68 Å². The van der Waals surface area contributed by atoms with Gasteiger partial charge in [-0.2, -0.15) is 5.10 Å². The fraction of sp³-hybridized carbons (Fsp3) is 0.818. The molecule has 1 atom stereocenters. The number of nitrogens with zero attached hydrogens (tertiary/aromatic N) is 3.